The molecule has 1 aliphatic heterocycles. The van der Waals surface area contributed by atoms with Crippen LogP contribution in [0.1, 0.15) is 41.4 Å². The smallest absolute Gasteiger partial charge is 0.272 e. The zero-order valence-corrected chi connectivity index (χ0v) is 14.0. The minimum absolute atomic E-state index is 0.0319. The molecule has 2 fully saturated rings. The molecule has 130 valence electrons. The third-order valence-electron chi connectivity index (χ3n) is 4.68. The van der Waals surface area contributed by atoms with Gasteiger partial charge in [0.15, 0.2) is 0 Å². The number of anilines is 1. The molecule has 1 aliphatic carbocycles. The second kappa shape index (κ2) is 6.23. The normalized spacial score (nSPS) is 20.0. The molecule has 2 heterocycles. The van der Waals surface area contributed by atoms with Gasteiger partial charge in [0.05, 0.1) is 18.8 Å². The van der Waals surface area contributed by atoms with E-state index >= 15 is 0 Å². The van der Waals surface area contributed by atoms with Crippen molar-refractivity contribution in [2.24, 2.45) is 0 Å². The number of carbonyl (C=O) groups is 2. The minimum Gasteiger partial charge on any atom is -0.495 e. The molecule has 1 atom stereocenters. The quantitative estimate of drug-likeness (QED) is 0.869. The Hall–Kier alpha value is -2.83. The maximum Gasteiger partial charge on any atom is 0.272 e. The van der Waals surface area contributed by atoms with E-state index in [1.54, 1.807) is 12.0 Å². The van der Waals surface area contributed by atoms with Crippen molar-refractivity contribution in [3.63, 3.8) is 0 Å². The zero-order valence-electron chi connectivity index (χ0n) is 14.0. The van der Waals surface area contributed by atoms with Crippen molar-refractivity contribution in [2.45, 2.75) is 31.2 Å². The van der Waals surface area contributed by atoms with Crippen LogP contribution in [0.4, 0.5) is 5.69 Å². The molecule has 0 unspecified atom stereocenters. The summed E-state index contributed by atoms with van der Waals surface area (Å²) in [5, 5.41) is 9.93. The van der Waals surface area contributed by atoms with E-state index in [9.17, 15) is 9.59 Å². The number of benzene rings is 1. The lowest BCUT2D eigenvalue weighted by atomic mass is 10.2. The van der Waals surface area contributed by atoms with E-state index < -0.39 is 0 Å². The van der Waals surface area contributed by atoms with Gasteiger partial charge in [-0.05, 0) is 31.0 Å². The predicted octanol–water partition coefficient (Wildman–Crippen LogP) is 1.83. The van der Waals surface area contributed by atoms with Crippen LogP contribution < -0.4 is 15.0 Å². The van der Waals surface area contributed by atoms with Crippen molar-refractivity contribution in [3.05, 3.63) is 41.7 Å². The van der Waals surface area contributed by atoms with Crippen LogP contribution in [0.5, 0.6) is 5.75 Å². The molecule has 7 nitrogen and oxygen atoms in total. The highest BCUT2D eigenvalue weighted by atomic mass is 16.5. The lowest BCUT2D eigenvalue weighted by Crippen LogP contribution is -2.37. The maximum atomic E-state index is 12.4. The molecular weight excluding hydrogens is 320 g/mol. The standard InChI is InChI=1S/C18H20N4O3/c1-25-16-5-3-2-4-15(16)22-10-12(8-17(22)23)19-18(24)14-9-13(20-21-14)11-6-7-11/h2-5,9,11-12H,6-8,10H2,1H3,(H,19,24)(H,20,21)/t12-/m0/s1. The van der Waals surface area contributed by atoms with E-state index in [0.29, 0.717) is 23.9 Å². The first-order valence-corrected chi connectivity index (χ1v) is 8.45. The summed E-state index contributed by atoms with van der Waals surface area (Å²) in [6, 6.07) is 8.94. The van der Waals surface area contributed by atoms with Gasteiger partial charge in [0.2, 0.25) is 5.91 Å². The molecule has 0 radical (unpaired) electrons. The van der Waals surface area contributed by atoms with E-state index in [1.165, 1.54) is 0 Å². The average molecular weight is 340 g/mol. The SMILES string of the molecule is COc1ccccc1N1C[C@@H](NC(=O)c2cc(C3CC3)[nH]n2)CC1=O. The van der Waals surface area contributed by atoms with E-state index in [1.807, 2.05) is 30.3 Å². The molecule has 1 saturated heterocycles. The summed E-state index contributed by atoms with van der Waals surface area (Å²) >= 11 is 0. The van der Waals surface area contributed by atoms with Gasteiger partial charge in [0.25, 0.3) is 5.91 Å². The molecule has 25 heavy (non-hydrogen) atoms. The van der Waals surface area contributed by atoms with Gasteiger partial charge in [0, 0.05) is 24.6 Å². The molecule has 1 aromatic carbocycles. The van der Waals surface area contributed by atoms with Crippen molar-refractivity contribution in [2.75, 3.05) is 18.6 Å². The number of para-hydroxylation sites is 2. The molecule has 1 aromatic heterocycles. The number of amides is 2. The van der Waals surface area contributed by atoms with Gasteiger partial charge in [-0.15, -0.1) is 0 Å². The number of rotatable bonds is 5. The molecule has 0 spiro atoms. The number of methoxy groups -OCH3 is 1. The van der Waals surface area contributed by atoms with E-state index in [2.05, 4.69) is 15.5 Å². The van der Waals surface area contributed by atoms with Crippen LogP contribution in [0.2, 0.25) is 0 Å². The first kappa shape index (κ1) is 15.7. The second-order valence-electron chi connectivity index (χ2n) is 6.53. The minimum atomic E-state index is -0.247. The zero-order chi connectivity index (χ0) is 17.4. The highest BCUT2D eigenvalue weighted by Gasteiger charge is 2.34. The number of hydrogen-bond acceptors (Lipinski definition) is 4. The van der Waals surface area contributed by atoms with Crippen molar-refractivity contribution in [1.29, 1.82) is 0 Å². The van der Waals surface area contributed by atoms with Crippen molar-refractivity contribution in [1.82, 2.24) is 15.5 Å². The largest absolute Gasteiger partial charge is 0.495 e. The average Bonchev–Trinajstić information content (AvgIpc) is 3.23. The highest BCUT2D eigenvalue weighted by Crippen LogP contribution is 2.39. The fraction of sp³-hybridized carbons (Fsp3) is 0.389. The van der Waals surface area contributed by atoms with Crippen LogP contribution in [-0.2, 0) is 4.79 Å². The third kappa shape index (κ3) is 3.09. The predicted molar refractivity (Wildman–Crippen MR) is 91.8 cm³/mol. The third-order valence-corrected chi connectivity index (χ3v) is 4.68. The van der Waals surface area contributed by atoms with Crippen LogP contribution in [0.3, 0.4) is 0 Å². The Bertz CT molecular complexity index is 812. The fourth-order valence-electron chi connectivity index (χ4n) is 3.21. The van der Waals surface area contributed by atoms with Gasteiger partial charge in [-0.25, -0.2) is 0 Å². The molecule has 2 amide bonds. The summed E-state index contributed by atoms with van der Waals surface area (Å²) in [6.07, 6.45) is 2.56. The summed E-state index contributed by atoms with van der Waals surface area (Å²) < 4.78 is 5.33. The Morgan fingerprint density at radius 2 is 2.16 bits per heavy atom. The summed E-state index contributed by atoms with van der Waals surface area (Å²) in [6.45, 7) is 0.421. The Balaban J connectivity index is 1.43. The van der Waals surface area contributed by atoms with Crippen LogP contribution >= 0.6 is 0 Å². The number of nitrogens with zero attached hydrogens (tertiary/aromatic N) is 2. The lowest BCUT2D eigenvalue weighted by Gasteiger charge is -2.19. The Morgan fingerprint density at radius 1 is 1.36 bits per heavy atom. The van der Waals surface area contributed by atoms with Crippen LogP contribution in [0.25, 0.3) is 0 Å². The molecule has 0 bridgehead atoms. The Labute approximate surface area is 145 Å². The number of ether oxygens (including phenoxy) is 1. The first-order valence-electron chi connectivity index (χ1n) is 8.45. The van der Waals surface area contributed by atoms with Gasteiger partial charge < -0.3 is 15.0 Å². The molecule has 2 aliphatic rings. The molecular formula is C18H20N4O3. The molecule has 1 saturated carbocycles. The molecule has 2 N–H and O–H groups in total. The Morgan fingerprint density at radius 3 is 2.92 bits per heavy atom. The van der Waals surface area contributed by atoms with Crippen LogP contribution in [0, 0.1) is 0 Å². The number of nitrogens with one attached hydrogen (secondary N) is 2. The second-order valence-corrected chi connectivity index (χ2v) is 6.53. The molecule has 2 aromatic rings. The van der Waals surface area contributed by atoms with Gasteiger partial charge in [-0.1, -0.05) is 12.1 Å². The first-order chi connectivity index (χ1) is 12.2. The van der Waals surface area contributed by atoms with Crippen LogP contribution in [0.15, 0.2) is 30.3 Å². The van der Waals surface area contributed by atoms with Gasteiger partial charge in [-0.3, -0.25) is 14.7 Å². The van der Waals surface area contributed by atoms with E-state index in [4.69, 9.17) is 4.74 Å². The van der Waals surface area contributed by atoms with Gasteiger partial charge >= 0.3 is 0 Å². The van der Waals surface area contributed by atoms with Gasteiger partial charge in [0.1, 0.15) is 11.4 Å². The van der Waals surface area contributed by atoms with E-state index in [0.717, 1.165) is 24.2 Å². The van der Waals surface area contributed by atoms with E-state index in [-0.39, 0.29) is 24.3 Å². The summed E-state index contributed by atoms with van der Waals surface area (Å²) in [4.78, 5) is 26.4. The molecule has 4 rings (SSSR count). The topological polar surface area (TPSA) is 87.3 Å². The number of H-pyrrole nitrogens is 1. The maximum absolute atomic E-state index is 12.4. The highest BCUT2D eigenvalue weighted by molar-refractivity contribution is 5.99. The number of carbonyl (C=O) groups excluding carboxylic acids is 2. The van der Waals surface area contributed by atoms with Crippen molar-refractivity contribution >= 4 is 17.5 Å². The van der Waals surface area contributed by atoms with Crippen molar-refractivity contribution < 1.29 is 14.3 Å². The fourth-order valence-corrected chi connectivity index (χ4v) is 3.21. The Kier molecular flexibility index (Phi) is 3.91. The number of aromatic nitrogens is 2. The number of hydrogen-bond donors (Lipinski definition) is 2. The van der Waals surface area contributed by atoms with Crippen LogP contribution in [-0.4, -0.2) is 41.7 Å². The summed E-state index contributed by atoms with van der Waals surface area (Å²) in [5.41, 5.74) is 2.12. The monoisotopic (exact) mass is 340 g/mol. The van der Waals surface area contributed by atoms with Gasteiger partial charge in [-0.2, -0.15) is 5.10 Å². The number of aromatic amines is 1. The molecule has 7 heteroatoms. The lowest BCUT2D eigenvalue weighted by molar-refractivity contribution is -0.117. The van der Waals surface area contributed by atoms with Crippen molar-refractivity contribution in [3.8, 4) is 5.75 Å². The summed E-state index contributed by atoms with van der Waals surface area (Å²) in [7, 11) is 1.58. The summed E-state index contributed by atoms with van der Waals surface area (Å²) in [5.74, 6) is 0.880.